The van der Waals surface area contributed by atoms with Gasteiger partial charge in [-0.25, -0.2) is 0 Å². The Labute approximate surface area is 143 Å². The number of piperidine rings is 1. The largest absolute Gasteiger partial charge is 0.497 e. The second-order valence-electron chi connectivity index (χ2n) is 6.14. The maximum atomic E-state index is 5.35. The number of pyridine rings is 1. The fraction of sp³-hybridized carbons (Fsp3) is 0.421. The topological polar surface area (TPSA) is 46.6 Å². The summed E-state index contributed by atoms with van der Waals surface area (Å²) in [6.45, 7) is 3.03. The van der Waals surface area contributed by atoms with E-state index in [4.69, 9.17) is 9.47 Å². The van der Waals surface area contributed by atoms with E-state index in [2.05, 4.69) is 21.3 Å². The molecular formula is C19H25N3O2. The number of rotatable bonds is 6. The van der Waals surface area contributed by atoms with Crippen molar-refractivity contribution in [2.45, 2.75) is 25.4 Å². The van der Waals surface area contributed by atoms with Gasteiger partial charge in [-0.05, 0) is 31.5 Å². The minimum Gasteiger partial charge on any atom is -0.497 e. The van der Waals surface area contributed by atoms with Gasteiger partial charge in [0.25, 0.3) is 0 Å². The van der Waals surface area contributed by atoms with Crippen LogP contribution in [-0.2, 0) is 6.54 Å². The molecule has 1 atom stereocenters. The molecule has 128 valence electrons. The second kappa shape index (κ2) is 8.02. The van der Waals surface area contributed by atoms with Gasteiger partial charge in [-0.1, -0.05) is 6.07 Å². The summed E-state index contributed by atoms with van der Waals surface area (Å²) in [6, 6.07) is 12.4. The van der Waals surface area contributed by atoms with Crippen LogP contribution in [0.4, 0.5) is 5.69 Å². The highest BCUT2D eigenvalue weighted by molar-refractivity contribution is 5.54. The lowest BCUT2D eigenvalue weighted by molar-refractivity contribution is 0.206. The van der Waals surface area contributed by atoms with Crippen molar-refractivity contribution in [3.63, 3.8) is 0 Å². The number of nitrogens with one attached hydrogen (secondary N) is 1. The molecule has 0 saturated carbocycles. The van der Waals surface area contributed by atoms with Crippen LogP contribution in [0.5, 0.6) is 11.5 Å². The monoisotopic (exact) mass is 327 g/mol. The van der Waals surface area contributed by atoms with Crippen LogP contribution >= 0.6 is 0 Å². The van der Waals surface area contributed by atoms with E-state index in [9.17, 15) is 0 Å². The van der Waals surface area contributed by atoms with E-state index in [0.29, 0.717) is 6.04 Å². The van der Waals surface area contributed by atoms with E-state index >= 15 is 0 Å². The smallest absolute Gasteiger partial charge is 0.124 e. The van der Waals surface area contributed by atoms with Crippen molar-refractivity contribution in [1.82, 2.24) is 9.88 Å². The number of methoxy groups -OCH3 is 2. The Morgan fingerprint density at radius 1 is 1.17 bits per heavy atom. The Kier molecular flexibility index (Phi) is 5.54. The number of likely N-dealkylation sites (tertiary alicyclic amines) is 1. The van der Waals surface area contributed by atoms with Crippen LogP contribution in [0.2, 0.25) is 0 Å². The highest BCUT2D eigenvalue weighted by Gasteiger charge is 2.20. The van der Waals surface area contributed by atoms with Gasteiger partial charge >= 0.3 is 0 Å². The van der Waals surface area contributed by atoms with Crippen LogP contribution in [0.25, 0.3) is 0 Å². The Hall–Kier alpha value is -2.27. The number of ether oxygens (including phenoxy) is 2. The van der Waals surface area contributed by atoms with E-state index in [1.165, 1.54) is 6.42 Å². The molecule has 0 amide bonds. The molecule has 3 rings (SSSR count). The van der Waals surface area contributed by atoms with Crippen molar-refractivity contribution < 1.29 is 9.47 Å². The van der Waals surface area contributed by atoms with E-state index in [1.54, 1.807) is 14.2 Å². The van der Waals surface area contributed by atoms with Gasteiger partial charge in [-0.2, -0.15) is 0 Å². The molecule has 1 aliphatic heterocycles. The minimum atomic E-state index is 0.416. The molecule has 1 aromatic heterocycles. The third kappa shape index (κ3) is 4.38. The van der Waals surface area contributed by atoms with Crippen molar-refractivity contribution in [3.8, 4) is 11.5 Å². The normalized spacial score (nSPS) is 18.2. The molecule has 0 radical (unpaired) electrons. The average molecular weight is 327 g/mol. The molecule has 1 aromatic carbocycles. The van der Waals surface area contributed by atoms with Crippen molar-refractivity contribution in [2.24, 2.45) is 0 Å². The lowest BCUT2D eigenvalue weighted by atomic mass is 10.0. The van der Waals surface area contributed by atoms with Gasteiger partial charge in [0.15, 0.2) is 0 Å². The molecular weight excluding hydrogens is 302 g/mol. The summed E-state index contributed by atoms with van der Waals surface area (Å²) in [5.41, 5.74) is 2.16. The summed E-state index contributed by atoms with van der Waals surface area (Å²) in [5, 5.41) is 3.62. The molecule has 1 N–H and O–H groups in total. The fourth-order valence-electron chi connectivity index (χ4n) is 3.16. The molecule has 2 aromatic rings. The predicted octanol–water partition coefficient (Wildman–Crippen LogP) is 3.18. The fourth-order valence-corrected chi connectivity index (χ4v) is 3.16. The third-order valence-corrected chi connectivity index (χ3v) is 4.34. The van der Waals surface area contributed by atoms with Gasteiger partial charge in [-0.15, -0.1) is 0 Å². The Balaban J connectivity index is 1.63. The van der Waals surface area contributed by atoms with Crippen molar-refractivity contribution in [3.05, 3.63) is 48.3 Å². The third-order valence-electron chi connectivity index (χ3n) is 4.34. The van der Waals surface area contributed by atoms with E-state index in [-0.39, 0.29) is 0 Å². The molecule has 2 heterocycles. The minimum absolute atomic E-state index is 0.416. The zero-order valence-corrected chi connectivity index (χ0v) is 14.4. The Morgan fingerprint density at radius 2 is 1.96 bits per heavy atom. The lowest BCUT2D eigenvalue weighted by Gasteiger charge is -2.33. The van der Waals surface area contributed by atoms with E-state index < -0.39 is 0 Å². The van der Waals surface area contributed by atoms with Crippen LogP contribution in [0.1, 0.15) is 18.5 Å². The molecule has 1 saturated heterocycles. The van der Waals surface area contributed by atoms with Crippen molar-refractivity contribution in [1.29, 1.82) is 0 Å². The first-order chi connectivity index (χ1) is 11.8. The number of hydrogen-bond acceptors (Lipinski definition) is 5. The summed E-state index contributed by atoms with van der Waals surface area (Å²) in [7, 11) is 3.35. The molecule has 0 bridgehead atoms. The number of nitrogens with zero attached hydrogens (tertiary/aromatic N) is 2. The van der Waals surface area contributed by atoms with Gasteiger partial charge in [0, 0.05) is 49.2 Å². The van der Waals surface area contributed by atoms with Gasteiger partial charge in [0.1, 0.15) is 11.5 Å². The molecule has 5 heteroatoms. The summed E-state index contributed by atoms with van der Waals surface area (Å²) in [5.74, 6) is 1.61. The summed E-state index contributed by atoms with van der Waals surface area (Å²) >= 11 is 0. The molecule has 0 aliphatic carbocycles. The molecule has 5 nitrogen and oxygen atoms in total. The number of hydrogen-bond donors (Lipinski definition) is 1. The van der Waals surface area contributed by atoms with E-state index in [0.717, 1.165) is 48.9 Å². The van der Waals surface area contributed by atoms with E-state index in [1.807, 2.05) is 36.5 Å². The highest BCUT2D eigenvalue weighted by Crippen LogP contribution is 2.27. The number of anilines is 1. The van der Waals surface area contributed by atoms with Gasteiger partial charge in [0.05, 0.1) is 19.9 Å². The summed E-state index contributed by atoms with van der Waals surface area (Å²) in [6.07, 6.45) is 4.21. The van der Waals surface area contributed by atoms with Gasteiger partial charge in [0.2, 0.25) is 0 Å². The molecule has 24 heavy (non-hydrogen) atoms. The highest BCUT2D eigenvalue weighted by atomic mass is 16.5. The first-order valence-corrected chi connectivity index (χ1v) is 8.38. The maximum Gasteiger partial charge on any atom is 0.124 e. The maximum absolute atomic E-state index is 5.35. The van der Waals surface area contributed by atoms with Crippen LogP contribution in [0, 0.1) is 0 Å². The SMILES string of the molecule is COc1cc(NC2CCCN(Cc3ccccn3)C2)cc(OC)c1. The molecule has 0 spiro atoms. The van der Waals surface area contributed by atoms with Gasteiger partial charge < -0.3 is 14.8 Å². The first kappa shape index (κ1) is 16.6. The van der Waals surface area contributed by atoms with Crippen molar-refractivity contribution in [2.75, 3.05) is 32.6 Å². The standard InChI is InChI=1S/C19H25N3O2/c1-23-18-10-17(11-19(12-18)24-2)21-16-7-5-9-22(14-16)13-15-6-3-4-8-20-15/h3-4,6,8,10-12,16,21H,5,7,9,13-14H2,1-2H3. The summed E-state index contributed by atoms with van der Waals surface area (Å²) in [4.78, 5) is 6.89. The number of aromatic nitrogens is 1. The zero-order valence-electron chi connectivity index (χ0n) is 14.4. The average Bonchev–Trinajstić information content (AvgIpc) is 2.62. The van der Waals surface area contributed by atoms with Gasteiger partial charge in [-0.3, -0.25) is 9.88 Å². The van der Waals surface area contributed by atoms with Crippen LogP contribution < -0.4 is 14.8 Å². The predicted molar refractivity (Wildman–Crippen MR) is 95.7 cm³/mol. The van der Waals surface area contributed by atoms with Crippen molar-refractivity contribution >= 4 is 5.69 Å². The first-order valence-electron chi connectivity index (χ1n) is 8.38. The zero-order chi connectivity index (χ0) is 16.8. The Morgan fingerprint density at radius 3 is 2.62 bits per heavy atom. The molecule has 1 fully saturated rings. The molecule has 1 unspecified atom stereocenters. The lowest BCUT2D eigenvalue weighted by Crippen LogP contribution is -2.41. The number of benzene rings is 1. The van der Waals surface area contributed by atoms with Crippen LogP contribution in [0.15, 0.2) is 42.6 Å². The Bertz CT molecular complexity index is 626. The van der Waals surface area contributed by atoms with Crippen LogP contribution in [0.3, 0.4) is 0 Å². The summed E-state index contributed by atoms with van der Waals surface area (Å²) < 4.78 is 10.7. The molecule has 1 aliphatic rings. The second-order valence-corrected chi connectivity index (χ2v) is 6.14. The van der Waals surface area contributed by atoms with Crippen LogP contribution in [-0.4, -0.2) is 43.2 Å². The quantitative estimate of drug-likeness (QED) is 0.883.